The Kier molecular flexibility index (Phi) is 3.77. The van der Waals surface area contributed by atoms with E-state index in [9.17, 15) is 13.2 Å². The van der Waals surface area contributed by atoms with Crippen molar-refractivity contribution in [1.29, 1.82) is 0 Å². The van der Waals surface area contributed by atoms with Crippen molar-refractivity contribution in [3.63, 3.8) is 0 Å². The van der Waals surface area contributed by atoms with Crippen molar-refractivity contribution in [1.82, 2.24) is 0 Å². The zero-order valence-electron chi connectivity index (χ0n) is 9.74. The van der Waals surface area contributed by atoms with Crippen molar-refractivity contribution >= 4 is 0 Å². The van der Waals surface area contributed by atoms with Gasteiger partial charge in [0.2, 0.25) is 0 Å². The van der Waals surface area contributed by atoms with Gasteiger partial charge in [-0.05, 0) is 17.7 Å². The topological polar surface area (TPSA) is 31.0 Å². The van der Waals surface area contributed by atoms with E-state index in [1.54, 1.807) is 0 Å². The predicted molar refractivity (Wildman–Crippen MR) is 57.5 cm³/mol. The number of ether oxygens (including phenoxy) is 3. The van der Waals surface area contributed by atoms with Gasteiger partial charge in [-0.15, -0.1) is 0 Å². The maximum absolute atomic E-state index is 12.9. The lowest BCUT2D eigenvalue weighted by Crippen LogP contribution is -2.25. The van der Waals surface area contributed by atoms with E-state index in [0.29, 0.717) is 12.4 Å². The second kappa shape index (κ2) is 5.16. The first-order valence-electron chi connectivity index (χ1n) is 5.44. The average molecular weight is 262 g/mol. The Morgan fingerprint density at radius 1 is 1.33 bits per heavy atom. The molecular weight excluding hydrogens is 249 g/mol. The van der Waals surface area contributed by atoms with Gasteiger partial charge in [0.25, 0.3) is 0 Å². The summed E-state index contributed by atoms with van der Waals surface area (Å²) in [6, 6.07) is 5.66. The zero-order chi connectivity index (χ0) is 13.2. The molecule has 0 amide bonds. The van der Waals surface area contributed by atoms with Crippen molar-refractivity contribution in [2.24, 2.45) is 0 Å². The normalized spacial score (nSPS) is 20.6. The summed E-state index contributed by atoms with van der Waals surface area (Å²) < 4.78 is 53.2. The molecule has 2 rings (SSSR count). The summed E-state index contributed by atoms with van der Waals surface area (Å²) in [4.78, 5) is 0. The number of alkyl halides is 3. The van der Waals surface area contributed by atoms with Gasteiger partial charge in [-0.2, -0.15) is 13.2 Å². The van der Waals surface area contributed by atoms with Crippen LogP contribution in [0.3, 0.4) is 0 Å². The molecule has 2 unspecified atom stereocenters. The minimum Gasteiger partial charge on any atom is -0.497 e. The molecule has 1 aromatic rings. The molecule has 1 heterocycles. The molecule has 0 radical (unpaired) electrons. The van der Waals surface area contributed by atoms with Crippen molar-refractivity contribution in [3.05, 3.63) is 29.8 Å². The van der Waals surface area contributed by atoms with Crippen molar-refractivity contribution in [2.75, 3.05) is 20.3 Å². The number of hydrogen-bond donors (Lipinski definition) is 0. The van der Waals surface area contributed by atoms with Gasteiger partial charge < -0.3 is 14.2 Å². The van der Waals surface area contributed by atoms with E-state index in [1.807, 2.05) is 0 Å². The Morgan fingerprint density at radius 3 is 2.39 bits per heavy atom. The highest BCUT2D eigenvalue weighted by molar-refractivity contribution is 5.29. The lowest BCUT2D eigenvalue weighted by molar-refractivity contribution is -0.224. The molecule has 0 spiro atoms. The summed E-state index contributed by atoms with van der Waals surface area (Å²) in [6.45, 7) is 0.420. The number of benzene rings is 1. The maximum Gasteiger partial charge on any atom is 0.418 e. The molecule has 6 heteroatoms. The van der Waals surface area contributed by atoms with Crippen LogP contribution in [-0.2, 0) is 9.47 Å². The first kappa shape index (κ1) is 13.2. The third kappa shape index (κ3) is 3.36. The molecule has 0 aromatic heterocycles. The number of halogens is 3. The van der Waals surface area contributed by atoms with Gasteiger partial charge in [-0.25, -0.2) is 0 Å². The smallest absolute Gasteiger partial charge is 0.418 e. The Balaban J connectivity index is 2.10. The Morgan fingerprint density at radius 2 is 1.94 bits per heavy atom. The number of hydrogen-bond acceptors (Lipinski definition) is 3. The van der Waals surface area contributed by atoms with Gasteiger partial charge in [0.05, 0.1) is 20.3 Å². The van der Waals surface area contributed by atoms with Crippen LogP contribution in [0.25, 0.3) is 0 Å². The van der Waals surface area contributed by atoms with Gasteiger partial charge in [-0.3, -0.25) is 0 Å². The number of epoxide rings is 1. The molecule has 1 aliphatic heterocycles. The SMILES string of the molecule is COc1ccc(C(OCC2CO2)C(F)(F)F)cc1. The largest absolute Gasteiger partial charge is 0.497 e. The maximum atomic E-state index is 12.9. The quantitative estimate of drug-likeness (QED) is 0.764. The zero-order valence-corrected chi connectivity index (χ0v) is 9.74. The van der Waals surface area contributed by atoms with Crippen LogP contribution >= 0.6 is 0 Å². The fourth-order valence-electron chi connectivity index (χ4n) is 1.53. The van der Waals surface area contributed by atoms with Crippen LogP contribution in [0.4, 0.5) is 13.2 Å². The van der Waals surface area contributed by atoms with E-state index >= 15 is 0 Å². The van der Waals surface area contributed by atoms with Crippen LogP contribution < -0.4 is 4.74 Å². The molecule has 2 atom stereocenters. The Bertz CT molecular complexity index is 385. The van der Waals surface area contributed by atoms with Crippen LogP contribution in [0.15, 0.2) is 24.3 Å². The molecule has 1 fully saturated rings. The molecule has 3 nitrogen and oxygen atoms in total. The minimum atomic E-state index is -4.44. The van der Waals surface area contributed by atoms with Crippen LogP contribution in [0, 0.1) is 0 Å². The first-order valence-corrected chi connectivity index (χ1v) is 5.44. The van der Waals surface area contributed by atoms with Gasteiger partial charge in [-0.1, -0.05) is 12.1 Å². The van der Waals surface area contributed by atoms with Crippen LogP contribution in [-0.4, -0.2) is 32.6 Å². The number of methoxy groups -OCH3 is 1. The molecule has 1 aliphatic rings. The highest BCUT2D eigenvalue weighted by Gasteiger charge is 2.43. The number of rotatable bonds is 5. The van der Waals surface area contributed by atoms with Gasteiger partial charge in [0.15, 0.2) is 6.10 Å². The highest BCUT2D eigenvalue weighted by atomic mass is 19.4. The average Bonchev–Trinajstić information content (AvgIpc) is 3.12. The van der Waals surface area contributed by atoms with E-state index < -0.39 is 12.3 Å². The first-order chi connectivity index (χ1) is 8.50. The minimum absolute atomic E-state index is 0.0454. The van der Waals surface area contributed by atoms with E-state index in [1.165, 1.54) is 31.4 Å². The lowest BCUT2D eigenvalue weighted by Gasteiger charge is -2.21. The van der Waals surface area contributed by atoms with Gasteiger partial charge >= 0.3 is 6.18 Å². The van der Waals surface area contributed by atoms with Crippen molar-refractivity contribution < 1.29 is 27.4 Å². The fraction of sp³-hybridized carbons (Fsp3) is 0.500. The molecule has 100 valence electrons. The molecule has 0 saturated carbocycles. The van der Waals surface area contributed by atoms with Crippen LogP contribution in [0.1, 0.15) is 11.7 Å². The molecule has 1 saturated heterocycles. The predicted octanol–water partition coefficient (Wildman–Crippen LogP) is 2.71. The van der Waals surface area contributed by atoms with Gasteiger partial charge in [0, 0.05) is 0 Å². The fourth-order valence-corrected chi connectivity index (χ4v) is 1.53. The molecule has 18 heavy (non-hydrogen) atoms. The summed E-state index contributed by atoms with van der Waals surface area (Å²) in [7, 11) is 1.46. The summed E-state index contributed by atoms with van der Waals surface area (Å²) in [6.07, 6.45) is -6.57. The second-order valence-corrected chi connectivity index (χ2v) is 3.98. The summed E-state index contributed by atoms with van der Waals surface area (Å²) in [5.41, 5.74) is 0.0592. The van der Waals surface area contributed by atoms with Crippen molar-refractivity contribution in [2.45, 2.75) is 18.4 Å². The molecule has 0 N–H and O–H groups in total. The third-order valence-corrected chi connectivity index (χ3v) is 2.57. The van der Waals surface area contributed by atoms with Crippen LogP contribution in [0.5, 0.6) is 5.75 Å². The van der Waals surface area contributed by atoms with E-state index in [2.05, 4.69) is 0 Å². The van der Waals surface area contributed by atoms with Crippen molar-refractivity contribution in [3.8, 4) is 5.75 Å². The molecule has 1 aromatic carbocycles. The standard InChI is InChI=1S/C12H13F3O3/c1-16-9-4-2-8(3-5-9)11(12(13,14)15)18-7-10-6-17-10/h2-5,10-11H,6-7H2,1H3. The highest BCUT2D eigenvalue weighted by Crippen LogP contribution is 2.36. The third-order valence-electron chi connectivity index (χ3n) is 2.57. The van der Waals surface area contributed by atoms with Gasteiger partial charge in [0.1, 0.15) is 11.9 Å². The van der Waals surface area contributed by atoms with E-state index in [-0.39, 0.29) is 18.3 Å². The monoisotopic (exact) mass is 262 g/mol. The lowest BCUT2D eigenvalue weighted by atomic mass is 10.1. The van der Waals surface area contributed by atoms with Crippen LogP contribution in [0.2, 0.25) is 0 Å². The molecule has 0 aliphatic carbocycles. The summed E-state index contributed by atoms with van der Waals surface area (Å²) >= 11 is 0. The van der Waals surface area contributed by atoms with E-state index in [4.69, 9.17) is 14.2 Å². The second-order valence-electron chi connectivity index (χ2n) is 3.98. The summed E-state index contributed by atoms with van der Waals surface area (Å²) in [5, 5.41) is 0. The van der Waals surface area contributed by atoms with E-state index in [0.717, 1.165) is 0 Å². The Labute approximate surface area is 102 Å². The Hall–Kier alpha value is -1.27. The molecular formula is C12H13F3O3. The molecule has 0 bridgehead atoms. The summed E-state index contributed by atoms with van der Waals surface area (Å²) in [5.74, 6) is 0.505.